The number of pyridine rings is 1. The summed E-state index contributed by atoms with van der Waals surface area (Å²) in [6.07, 6.45) is 2.43. The quantitative estimate of drug-likeness (QED) is 0.765. The molecule has 164 valence electrons. The maximum Gasteiger partial charge on any atom is 0.239 e. The smallest absolute Gasteiger partial charge is 0.239 e. The maximum atomic E-state index is 13.8. The van der Waals surface area contributed by atoms with Crippen LogP contribution in [0.1, 0.15) is 44.4 Å². The monoisotopic (exact) mass is 440 g/mol. The Hall–Kier alpha value is -2.44. The molecule has 1 spiro atoms. The van der Waals surface area contributed by atoms with Crippen molar-refractivity contribution in [1.82, 2.24) is 15.2 Å². The first kappa shape index (κ1) is 21.8. The number of carbonyl (C=O) groups excluding carboxylic acids is 2. The first-order valence-corrected chi connectivity index (χ1v) is 10.9. The van der Waals surface area contributed by atoms with Crippen LogP contribution in [-0.4, -0.2) is 47.9 Å². The minimum Gasteiger partial charge on any atom is -0.347 e. The number of benzene rings is 1. The van der Waals surface area contributed by atoms with E-state index in [1.54, 1.807) is 31.3 Å². The van der Waals surface area contributed by atoms with E-state index in [-0.39, 0.29) is 23.3 Å². The molecule has 2 aliphatic rings. The van der Waals surface area contributed by atoms with Gasteiger partial charge in [0.1, 0.15) is 5.41 Å². The lowest BCUT2D eigenvalue weighted by molar-refractivity contribution is -0.131. The molecule has 0 aliphatic carbocycles. The molecule has 2 amide bonds. The number of nitrogens with zero attached hydrogens (tertiary/aromatic N) is 2. The average Bonchev–Trinajstić information content (AvgIpc) is 3.16. The van der Waals surface area contributed by atoms with E-state index in [4.69, 9.17) is 11.6 Å². The van der Waals surface area contributed by atoms with Crippen molar-refractivity contribution in [2.45, 2.75) is 50.6 Å². The standard InChI is InChI=1S/C24H29ClN4O2/c1-23(2,3)13-18-24(15-10-9-14(25)12-17(15)27-22(24)31)19(16-8-6-7-11-26-16)20(28-18)21(30)29(4)5/h6-12,18-20,28H,13H2,1-5H3,(H,27,31). The summed E-state index contributed by atoms with van der Waals surface area (Å²) in [5, 5.41) is 7.19. The van der Waals surface area contributed by atoms with Gasteiger partial charge < -0.3 is 15.5 Å². The Morgan fingerprint density at radius 1 is 1.23 bits per heavy atom. The first-order chi connectivity index (χ1) is 14.6. The van der Waals surface area contributed by atoms with E-state index in [1.807, 2.05) is 30.3 Å². The van der Waals surface area contributed by atoms with Gasteiger partial charge in [0, 0.05) is 48.7 Å². The van der Waals surface area contributed by atoms with Crippen LogP contribution in [0.2, 0.25) is 5.02 Å². The fraction of sp³-hybridized carbons (Fsp3) is 0.458. The Morgan fingerprint density at radius 2 is 1.97 bits per heavy atom. The number of carbonyl (C=O) groups is 2. The molecule has 3 heterocycles. The highest BCUT2D eigenvalue weighted by Gasteiger charge is 2.66. The van der Waals surface area contributed by atoms with E-state index in [2.05, 4.69) is 36.4 Å². The van der Waals surface area contributed by atoms with Crippen LogP contribution in [0.15, 0.2) is 42.6 Å². The predicted molar refractivity (Wildman–Crippen MR) is 122 cm³/mol. The number of nitrogens with one attached hydrogen (secondary N) is 2. The summed E-state index contributed by atoms with van der Waals surface area (Å²) in [5.74, 6) is -0.642. The zero-order valence-corrected chi connectivity index (χ0v) is 19.3. The molecular formula is C24H29ClN4O2. The van der Waals surface area contributed by atoms with Crippen molar-refractivity contribution in [2.24, 2.45) is 5.41 Å². The highest BCUT2D eigenvalue weighted by atomic mass is 35.5. The molecule has 1 saturated heterocycles. The largest absolute Gasteiger partial charge is 0.347 e. The molecule has 2 aromatic rings. The minimum atomic E-state index is -0.974. The summed E-state index contributed by atoms with van der Waals surface area (Å²) in [6, 6.07) is 10.3. The van der Waals surface area contributed by atoms with Crippen molar-refractivity contribution in [3.8, 4) is 0 Å². The van der Waals surface area contributed by atoms with Gasteiger partial charge in [-0.1, -0.05) is 44.5 Å². The van der Waals surface area contributed by atoms with Crippen molar-refractivity contribution >= 4 is 29.1 Å². The van der Waals surface area contributed by atoms with Crippen molar-refractivity contribution in [2.75, 3.05) is 19.4 Å². The van der Waals surface area contributed by atoms with Crippen molar-refractivity contribution in [3.05, 3.63) is 58.9 Å². The minimum absolute atomic E-state index is 0.0646. The highest BCUT2D eigenvalue weighted by Crippen LogP contribution is 2.56. The molecule has 4 atom stereocenters. The zero-order valence-electron chi connectivity index (χ0n) is 18.6. The molecule has 0 radical (unpaired) electrons. The Kier molecular flexibility index (Phi) is 5.34. The third kappa shape index (κ3) is 3.52. The number of rotatable bonds is 3. The van der Waals surface area contributed by atoms with Gasteiger partial charge in [0.15, 0.2) is 0 Å². The summed E-state index contributed by atoms with van der Waals surface area (Å²) < 4.78 is 0. The van der Waals surface area contributed by atoms with Crippen LogP contribution >= 0.6 is 11.6 Å². The zero-order chi connectivity index (χ0) is 22.6. The van der Waals surface area contributed by atoms with Crippen LogP contribution in [0.5, 0.6) is 0 Å². The number of halogens is 1. The SMILES string of the molecule is CN(C)C(=O)C1NC(CC(C)(C)C)C2(C(=O)Nc3cc(Cl)ccc32)C1c1ccccn1. The topological polar surface area (TPSA) is 74.3 Å². The number of fused-ring (bicyclic) bond motifs is 2. The molecule has 1 aromatic heterocycles. The molecule has 4 rings (SSSR count). The lowest BCUT2D eigenvalue weighted by atomic mass is 9.63. The molecular weight excluding hydrogens is 412 g/mol. The van der Waals surface area contributed by atoms with E-state index in [0.29, 0.717) is 17.1 Å². The summed E-state index contributed by atoms with van der Waals surface area (Å²) in [7, 11) is 3.48. The first-order valence-electron chi connectivity index (χ1n) is 10.6. The third-order valence-corrected chi connectivity index (χ3v) is 6.57. The summed E-state index contributed by atoms with van der Waals surface area (Å²) >= 11 is 6.24. The van der Waals surface area contributed by atoms with E-state index in [1.165, 1.54) is 0 Å². The van der Waals surface area contributed by atoms with Crippen LogP contribution in [0.3, 0.4) is 0 Å². The molecule has 1 fully saturated rings. The Labute approximate surface area is 188 Å². The molecule has 31 heavy (non-hydrogen) atoms. The van der Waals surface area contributed by atoms with Crippen LogP contribution < -0.4 is 10.6 Å². The lowest BCUT2D eigenvalue weighted by Gasteiger charge is -2.37. The van der Waals surface area contributed by atoms with Crippen LogP contribution in [0.4, 0.5) is 5.69 Å². The molecule has 4 unspecified atom stereocenters. The van der Waals surface area contributed by atoms with E-state index in [9.17, 15) is 9.59 Å². The van der Waals surface area contributed by atoms with Gasteiger partial charge in [0.25, 0.3) is 0 Å². The van der Waals surface area contributed by atoms with Crippen molar-refractivity contribution < 1.29 is 9.59 Å². The third-order valence-electron chi connectivity index (χ3n) is 6.34. The molecule has 7 heteroatoms. The van der Waals surface area contributed by atoms with Gasteiger partial charge in [-0.15, -0.1) is 0 Å². The maximum absolute atomic E-state index is 13.8. The van der Waals surface area contributed by atoms with Crippen LogP contribution in [-0.2, 0) is 15.0 Å². The number of likely N-dealkylation sites (N-methyl/N-ethyl adjacent to an activating group) is 1. The average molecular weight is 441 g/mol. The van der Waals surface area contributed by atoms with Gasteiger partial charge in [-0.25, -0.2) is 0 Å². The Bertz CT molecular complexity index is 1020. The predicted octanol–water partition coefficient (Wildman–Crippen LogP) is 3.57. The van der Waals surface area contributed by atoms with Crippen LogP contribution in [0.25, 0.3) is 0 Å². The van der Waals surface area contributed by atoms with Gasteiger partial charge >= 0.3 is 0 Å². The Balaban J connectivity index is 1.99. The number of hydrogen-bond donors (Lipinski definition) is 2. The molecule has 2 N–H and O–H groups in total. The van der Waals surface area contributed by atoms with Gasteiger partial charge in [-0.3, -0.25) is 14.6 Å². The second kappa shape index (κ2) is 7.61. The van der Waals surface area contributed by atoms with E-state index >= 15 is 0 Å². The fourth-order valence-electron chi connectivity index (χ4n) is 5.20. The molecule has 1 aromatic carbocycles. The number of hydrogen-bond acceptors (Lipinski definition) is 4. The van der Waals surface area contributed by atoms with Gasteiger partial charge in [-0.2, -0.15) is 0 Å². The number of aromatic nitrogens is 1. The van der Waals surface area contributed by atoms with E-state index in [0.717, 1.165) is 11.3 Å². The van der Waals surface area contributed by atoms with Gasteiger partial charge in [0.2, 0.25) is 11.8 Å². The summed E-state index contributed by atoms with van der Waals surface area (Å²) in [6.45, 7) is 6.44. The Morgan fingerprint density at radius 3 is 2.58 bits per heavy atom. The lowest BCUT2D eigenvalue weighted by Crippen LogP contribution is -2.49. The van der Waals surface area contributed by atoms with Gasteiger partial charge in [0.05, 0.1) is 6.04 Å². The fourth-order valence-corrected chi connectivity index (χ4v) is 5.37. The normalized spacial score (nSPS) is 27.3. The number of anilines is 1. The molecule has 2 aliphatic heterocycles. The number of amides is 2. The summed E-state index contributed by atoms with van der Waals surface area (Å²) in [4.78, 5) is 33.4. The van der Waals surface area contributed by atoms with Crippen LogP contribution in [0, 0.1) is 5.41 Å². The highest BCUT2D eigenvalue weighted by molar-refractivity contribution is 6.31. The van der Waals surface area contributed by atoms with Crippen molar-refractivity contribution in [1.29, 1.82) is 0 Å². The second-order valence-corrected chi connectivity index (χ2v) is 10.4. The summed E-state index contributed by atoms with van der Waals surface area (Å²) in [5.41, 5.74) is 1.26. The molecule has 6 nitrogen and oxygen atoms in total. The van der Waals surface area contributed by atoms with Gasteiger partial charge in [-0.05, 0) is 41.7 Å². The molecule has 0 saturated carbocycles. The second-order valence-electron chi connectivity index (χ2n) is 9.94. The van der Waals surface area contributed by atoms with Crippen molar-refractivity contribution in [3.63, 3.8) is 0 Å². The van der Waals surface area contributed by atoms with E-state index < -0.39 is 17.4 Å². The molecule has 0 bridgehead atoms.